The third-order valence-electron chi connectivity index (χ3n) is 7.06. The summed E-state index contributed by atoms with van der Waals surface area (Å²) in [4.78, 5) is 41.4. The number of H-pyrrole nitrogens is 1. The van der Waals surface area contributed by atoms with Crippen LogP contribution in [0.3, 0.4) is 0 Å². The molecule has 7 N–H and O–H groups in total. The Balaban J connectivity index is 1.19. The first-order valence-corrected chi connectivity index (χ1v) is 16.7. The topological polar surface area (TPSA) is 285 Å². The predicted octanol–water partition coefficient (Wildman–Crippen LogP) is -2.11. The van der Waals surface area contributed by atoms with Gasteiger partial charge in [-0.3, -0.25) is 18.9 Å². The Bertz CT molecular complexity index is 1980. The summed E-state index contributed by atoms with van der Waals surface area (Å²) in [5.41, 5.74) is 10.8. The SMILES string of the molecule is Nc1nc2c(nnn2[C@@H]2O[C@@H]3COP(O)(=S)O[C@H]4[C@H](F)[C@H](n5cnc6c(N)ncnc65)O[C@@H]4CNS(=O)(=O)O[C@@H]2C3)c(=O)[nH]1. The number of halogens is 1. The van der Waals surface area contributed by atoms with E-state index in [-0.39, 0.29) is 40.5 Å². The molecule has 44 heavy (non-hydrogen) atoms. The molecule has 3 aliphatic heterocycles. The van der Waals surface area contributed by atoms with Crippen LogP contribution in [0, 0.1) is 0 Å². The molecule has 7 rings (SSSR count). The molecule has 0 radical (unpaired) electrons. The van der Waals surface area contributed by atoms with E-state index in [0.29, 0.717) is 0 Å². The number of rotatable bonds is 2. The van der Waals surface area contributed by atoms with Crippen LogP contribution in [0.2, 0.25) is 0 Å². The lowest BCUT2D eigenvalue weighted by Crippen LogP contribution is -2.42. The quantitative estimate of drug-likeness (QED) is 0.142. The fraction of sp³-hybridized carbons (Fsp3) is 0.526. The molecule has 3 fully saturated rings. The zero-order valence-corrected chi connectivity index (χ0v) is 24.4. The van der Waals surface area contributed by atoms with Crippen molar-refractivity contribution in [3.63, 3.8) is 0 Å². The molecule has 0 aliphatic carbocycles. The largest absolute Gasteiger partial charge is 0.382 e. The van der Waals surface area contributed by atoms with Gasteiger partial charge in [0.05, 0.1) is 19.0 Å². The number of fused-ring (bicyclic) bond motifs is 5. The van der Waals surface area contributed by atoms with Crippen molar-refractivity contribution in [2.75, 3.05) is 24.6 Å². The molecule has 4 aromatic heterocycles. The molecule has 4 aromatic rings. The van der Waals surface area contributed by atoms with Gasteiger partial charge in [-0.1, -0.05) is 5.21 Å². The van der Waals surface area contributed by atoms with Gasteiger partial charge in [0.15, 0.2) is 41.3 Å². The van der Waals surface area contributed by atoms with Crippen molar-refractivity contribution in [2.24, 2.45) is 0 Å². The summed E-state index contributed by atoms with van der Waals surface area (Å²) in [5, 5.41) is 7.66. The number of aromatic amines is 1. The Morgan fingerprint density at radius 3 is 2.77 bits per heavy atom. The second-order valence-corrected chi connectivity index (χ2v) is 14.1. The molecular weight excluding hydrogens is 654 g/mol. The Kier molecular flexibility index (Phi) is 7.11. The highest BCUT2D eigenvalue weighted by molar-refractivity contribution is 8.07. The first-order chi connectivity index (χ1) is 20.9. The van der Waals surface area contributed by atoms with Crippen LogP contribution in [0.25, 0.3) is 22.3 Å². The number of hydrogen-bond donors (Lipinski definition) is 5. The molecule has 3 saturated heterocycles. The minimum Gasteiger partial charge on any atom is -0.382 e. The number of anilines is 2. The van der Waals surface area contributed by atoms with Crippen molar-refractivity contribution >= 4 is 62.9 Å². The smallest absolute Gasteiger partial charge is 0.336 e. The minimum absolute atomic E-state index is 0.0465. The summed E-state index contributed by atoms with van der Waals surface area (Å²) in [6.45, 7) is -5.17. The van der Waals surface area contributed by atoms with Crippen LogP contribution >= 0.6 is 6.72 Å². The Morgan fingerprint density at radius 1 is 1.14 bits per heavy atom. The number of aromatic nitrogens is 9. The Labute approximate surface area is 249 Å². The maximum absolute atomic E-state index is 15.9. The van der Waals surface area contributed by atoms with Gasteiger partial charge in [0.2, 0.25) is 5.95 Å². The molecule has 0 spiro atoms. The van der Waals surface area contributed by atoms with E-state index < -0.39 is 78.8 Å². The van der Waals surface area contributed by atoms with Gasteiger partial charge in [0.25, 0.3) is 5.56 Å². The van der Waals surface area contributed by atoms with Gasteiger partial charge in [-0.15, -0.1) is 5.10 Å². The molecule has 0 aromatic carbocycles. The Morgan fingerprint density at radius 2 is 1.95 bits per heavy atom. The lowest BCUT2D eigenvalue weighted by molar-refractivity contribution is -0.0517. The number of ether oxygens (including phenoxy) is 2. The molecule has 0 saturated carbocycles. The van der Waals surface area contributed by atoms with E-state index in [4.69, 9.17) is 46.0 Å². The fourth-order valence-electron chi connectivity index (χ4n) is 5.16. The number of nitrogens with two attached hydrogens (primary N) is 2. The zero-order valence-electron chi connectivity index (χ0n) is 21.9. The zero-order chi connectivity index (χ0) is 31.0. The predicted molar refractivity (Wildman–Crippen MR) is 147 cm³/mol. The van der Waals surface area contributed by atoms with Gasteiger partial charge >= 0.3 is 17.0 Å². The number of nitrogens with zero attached hydrogens (tertiary/aromatic N) is 8. The number of imidazole rings is 1. The normalized spacial score (nSPS) is 34.4. The van der Waals surface area contributed by atoms with E-state index in [9.17, 15) is 18.1 Å². The molecule has 236 valence electrons. The minimum atomic E-state index is -4.59. The maximum Gasteiger partial charge on any atom is 0.336 e. The van der Waals surface area contributed by atoms with Crippen molar-refractivity contribution in [3.05, 3.63) is 23.0 Å². The van der Waals surface area contributed by atoms with Crippen molar-refractivity contribution < 1.29 is 40.4 Å². The monoisotopic (exact) mass is 676 g/mol. The standard InChI is InChI=1S/C19H22FN12O9PS2/c20-9-12-8(39-18(9)31-5-25-10-13(21)23-4-24-14(10)31)2-26-44(35,36)41-7-1-6(3-37-42(34,43)40-12)38-17(7)32-15-11(29-30-32)16(33)28-19(22)27-15/h4-9,12,17-18,26H,1-3H2,(H,34,43)(H2,21,23,24)(H3,22,27,28,33)/t6-,7+,8+,9-,12+,17+,18+,42?/m0/s1. The van der Waals surface area contributed by atoms with Crippen LogP contribution in [0.1, 0.15) is 18.9 Å². The molecule has 2 bridgehead atoms. The van der Waals surface area contributed by atoms with Crippen LogP contribution < -0.4 is 21.7 Å². The summed E-state index contributed by atoms with van der Waals surface area (Å²) >= 11 is 5.16. The van der Waals surface area contributed by atoms with Crippen LogP contribution in [0.5, 0.6) is 0 Å². The fourth-order valence-corrected chi connectivity index (χ4v) is 7.55. The third kappa shape index (κ3) is 5.21. The van der Waals surface area contributed by atoms with E-state index in [0.717, 1.165) is 11.0 Å². The number of alkyl halides is 1. The molecular formula is C19H22FN12O9PS2. The summed E-state index contributed by atoms with van der Waals surface area (Å²) < 4.78 is 74.9. The van der Waals surface area contributed by atoms with Crippen molar-refractivity contribution in [1.29, 1.82) is 0 Å². The van der Waals surface area contributed by atoms with Crippen LogP contribution in [0.4, 0.5) is 16.2 Å². The molecule has 7 heterocycles. The molecule has 25 heteroatoms. The second kappa shape index (κ2) is 10.6. The lowest BCUT2D eigenvalue weighted by Gasteiger charge is -2.25. The Hall–Kier alpha value is -3.32. The summed E-state index contributed by atoms with van der Waals surface area (Å²) in [5.74, 6) is -0.198. The van der Waals surface area contributed by atoms with E-state index in [1.165, 1.54) is 10.9 Å². The first kappa shape index (κ1) is 29.4. The van der Waals surface area contributed by atoms with Crippen molar-refractivity contribution in [1.82, 2.24) is 49.2 Å². The van der Waals surface area contributed by atoms with Gasteiger partial charge in [-0.2, -0.15) is 22.8 Å². The molecule has 1 unspecified atom stereocenters. The van der Waals surface area contributed by atoms with Gasteiger partial charge < -0.3 is 30.4 Å². The third-order valence-corrected chi connectivity index (χ3v) is 9.64. The molecule has 21 nitrogen and oxygen atoms in total. The van der Waals surface area contributed by atoms with Gasteiger partial charge in [-0.05, 0) is 11.8 Å². The molecule has 0 amide bonds. The summed E-state index contributed by atoms with van der Waals surface area (Å²) in [6.07, 6.45) is -7.63. The summed E-state index contributed by atoms with van der Waals surface area (Å²) in [6, 6.07) is 0. The molecule has 3 aliphatic rings. The van der Waals surface area contributed by atoms with E-state index in [1.54, 1.807) is 0 Å². The van der Waals surface area contributed by atoms with E-state index >= 15 is 4.39 Å². The van der Waals surface area contributed by atoms with Gasteiger partial charge in [0.1, 0.15) is 30.2 Å². The maximum atomic E-state index is 15.9. The average Bonchev–Trinajstić information content (AvgIpc) is 3.72. The van der Waals surface area contributed by atoms with Crippen molar-refractivity contribution in [2.45, 2.75) is 49.5 Å². The van der Waals surface area contributed by atoms with Gasteiger partial charge in [-0.25, -0.2) is 23.5 Å². The van der Waals surface area contributed by atoms with Crippen LogP contribution in [-0.2, 0) is 44.8 Å². The van der Waals surface area contributed by atoms with E-state index in [1.807, 2.05) is 0 Å². The number of nitrogens with one attached hydrogen (secondary N) is 2. The van der Waals surface area contributed by atoms with Crippen LogP contribution in [-0.4, -0.2) is 102 Å². The van der Waals surface area contributed by atoms with Gasteiger partial charge in [0, 0.05) is 13.0 Å². The highest BCUT2D eigenvalue weighted by Crippen LogP contribution is 2.50. The lowest BCUT2D eigenvalue weighted by atomic mass is 10.1. The van der Waals surface area contributed by atoms with E-state index in [2.05, 4.69) is 40.0 Å². The molecule has 8 atom stereocenters. The van der Waals surface area contributed by atoms with Crippen molar-refractivity contribution in [3.8, 4) is 0 Å². The number of hydrogen-bond acceptors (Lipinski definition) is 17. The average molecular weight is 677 g/mol. The highest BCUT2D eigenvalue weighted by Gasteiger charge is 2.51. The van der Waals surface area contributed by atoms with Crippen LogP contribution in [0.15, 0.2) is 17.4 Å². The number of nitrogen functional groups attached to an aromatic ring is 2. The first-order valence-electron chi connectivity index (χ1n) is 12.7. The summed E-state index contributed by atoms with van der Waals surface area (Å²) in [7, 11) is -4.59. The highest BCUT2D eigenvalue weighted by atomic mass is 32.5. The second-order valence-electron chi connectivity index (χ2n) is 9.91.